The number of rotatable bonds is 13. The fraction of sp³-hybridized carbons (Fsp3) is 0.600. The lowest BCUT2D eigenvalue weighted by Crippen LogP contribution is -2.32. The summed E-state index contributed by atoms with van der Waals surface area (Å²) in [6.07, 6.45) is 11.2. The van der Waals surface area contributed by atoms with Crippen LogP contribution in [0.15, 0.2) is 24.3 Å². The number of carbonyl (C=O) groups excluding carboxylic acids is 2. The van der Waals surface area contributed by atoms with Crippen molar-refractivity contribution < 1.29 is 14.0 Å². The zero-order valence-corrected chi connectivity index (χ0v) is 15.3. The lowest BCUT2D eigenvalue weighted by molar-refractivity contribution is -0.124. The SMILES string of the molecule is CCCCCCCCCCCC(=O)NCC(=O)Nc1ccccc1F. The minimum absolute atomic E-state index is 0.126. The van der Waals surface area contributed by atoms with E-state index in [2.05, 4.69) is 17.6 Å². The lowest BCUT2D eigenvalue weighted by atomic mass is 10.1. The molecule has 25 heavy (non-hydrogen) atoms. The molecule has 0 spiro atoms. The summed E-state index contributed by atoms with van der Waals surface area (Å²) in [5, 5.41) is 5.02. The number of amides is 2. The quantitative estimate of drug-likeness (QED) is 0.502. The topological polar surface area (TPSA) is 58.2 Å². The number of para-hydroxylation sites is 1. The summed E-state index contributed by atoms with van der Waals surface area (Å²) in [5.74, 6) is -1.05. The summed E-state index contributed by atoms with van der Waals surface area (Å²) in [4.78, 5) is 23.4. The Morgan fingerprint density at radius 1 is 0.880 bits per heavy atom. The maximum atomic E-state index is 13.4. The first-order chi connectivity index (χ1) is 12.1. The van der Waals surface area contributed by atoms with Crippen molar-refractivity contribution in [1.29, 1.82) is 0 Å². The van der Waals surface area contributed by atoms with Gasteiger partial charge in [0.05, 0.1) is 12.2 Å². The molecule has 0 radical (unpaired) electrons. The zero-order chi connectivity index (χ0) is 18.3. The van der Waals surface area contributed by atoms with Crippen LogP contribution in [0.3, 0.4) is 0 Å². The molecule has 1 rings (SSSR count). The van der Waals surface area contributed by atoms with E-state index in [1.54, 1.807) is 12.1 Å². The highest BCUT2D eigenvalue weighted by Gasteiger charge is 2.08. The van der Waals surface area contributed by atoms with Crippen molar-refractivity contribution in [2.24, 2.45) is 0 Å². The molecule has 5 heteroatoms. The average Bonchev–Trinajstić information content (AvgIpc) is 2.60. The highest BCUT2D eigenvalue weighted by Crippen LogP contribution is 2.12. The first kappa shape index (κ1) is 21.1. The van der Waals surface area contributed by atoms with Gasteiger partial charge >= 0.3 is 0 Å². The molecule has 0 fully saturated rings. The van der Waals surface area contributed by atoms with Gasteiger partial charge in [-0.15, -0.1) is 0 Å². The number of benzene rings is 1. The van der Waals surface area contributed by atoms with Crippen LogP contribution in [-0.2, 0) is 9.59 Å². The largest absolute Gasteiger partial charge is 0.347 e. The van der Waals surface area contributed by atoms with Gasteiger partial charge in [-0.25, -0.2) is 4.39 Å². The molecule has 2 amide bonds. The van der Waals surface area contributed by atoms with Crippen molar-refractivity contribution in [1.82, 2.24) is 5.32 Å². The Balaban J connectivity index is 2.01. The standard InChI is InChI=1S/C20H31FN2O2/c1-2-3-4-5-6-7-8-9-10-15-19(24)22-16-20(25)23-18-14-12-11-13-17(18)21/h11-14H,2-10,15-16H2,1H3,(H,22,24)(H,23,25). The van der Waals surface area contributed by atoms with Crippen molar-refractivity contribution in [3.05, 3.63) is 30.1 Å². The van der Waals surface area contributed by atoms with E-state index in [0.29, 0.717) is 6.42 Å². The second-order valence-corrected chi connectivity index (χ2v) is 6.38. The van der Waals surface area contributed by atoms with Crippen molar-refractivity contribution in [3.8, 4) is 0 Å². The Kier molecular flexibility index (Phi) is 11.3. The van der Waals surface area contributed by atoms with Crippen LogP contribution in [0.2, 0.25) is 0 Å². The Morgan fingerprint density at radius 2 is 1.48 bits per heavy atom. The van der Waals surface area contributed by atoms with Gasteiger partial charge in [0.2, 0.25) is 11.8 Å². The lowest BCUT2D eigenvalue weighted by Gasteiger charge is -2.07. The Morgan fingerprint density at radius 3 is 2.12 bits per heavy atom. The molecule has 0 bridgehead atoms. The van der Waals surface area contributed by atoms with E-state index in [-0.39, 0.29) is 18.1 Å². The maximum absolute atomic E-state index is 13.4. The molecule has 4 nitrogen and oxygen atoms in total. The molecule has 1 aromatic rings. The van der Waals surface area contributed by atoms with Crippen LogP contribution >= 0.6 is 0 Å². The minimum Gasteiger partial charge on any atom is -0.347 e. The molecular weight excluding hydrogens is 319 g/mol. The van der Waals surface area contributed by atoms with E-state index in [1.165, 1.54) is 50.7 Å². The van der Waals surface area contributed by atoms with Gasteiger partial charge in [-0.1, -0.05) is 70.4 Å². The number of unbranched alkanes of at least 4 members (excludes halogenated alkanes) is 8. The molecule has 0 saturated carbocycles. The van der Waals surface area contributed by atoms with Gasteiger partial charge in [0.25, 0.3) is 0 Å². The Hall–Kier alpha value is -1.91. The molecule has 0 saturated heterocycles. The van der Waals surface area contributed by atoms with E-state index in [1.807, 2.05) is 0 Å². The van der Waals surface area contributed by atoms with Gasteiger partial charge in [0, 0.05) is 6.42 Å². The predicted octanol–water partition coefficient (Wildman–Crippen LogP) is 4.80. The van der Waals surface area contributed by atoms with Crippen LogP contribution < -0.4 is 10.6 Å². The van der Waals surface area contributed by atoms with Crippen molar-refractivity contribution >= 4 is 17.5 Å². The van der Waals surface area contributed by atoms with Crippen LogP contribution in [0.1, 0.15) is 71.1 Å². The van der Waals surface area contributed by atoms with Crippen LogP contribution in [0.4, 0.5) is 10.1 Å². The molecule has 2 N–H and O–H groups in total. The molecule has 0 aromatic heterocycles. The minimum atomic E-state index is -0.489. The zero-order valence-electron chi connectivity index (χ0n) is 15.3. The fourth-order valence-electron chi connectivity index (χ4n) is 2.62. The number of anilines is 1. The summed E-state index contributed by atoms with van der Waals surface area (Å²) < 4.78 is 13.4. The highest BCUT2D eigenvalue weighted by atomic mass is 19.1. The summed E-state index contributed by atoms with van der Waals surface area (Å²) in [7, 11) is 0. The average molecular weight is 350 g/mol. The molecular formula is C20H31FN2O2. The van der Waals surface area contributed by atoms with Gasteiger partial charge in [-0.3, -0.25) is 9.59 Å². The van der Waals surface area contributed by atoms with E-state index in [0.717, 1.165) is 19.3 Å². The number of halogens is 1. The van der Waals surface area contributed by atoms with Crippen molar-refractivity contribution in [2.75, 3.05) is 11.9 Å². The number of nitrogens with one attached hydrogen (secondary N) is 2. The van der Waals surface area contributed by atoms with Gasteiger partial charge < -0.3 is 10.6 Å². The van der Waals surface area contributed by atoms with Crippen LogP contribution in [0, 0.1) is 5.82 Å². The fourth-order valence-corrected chi connectivity index (χ4v) is 2.62. The summed E-state index contributed by atoms with van der Waals surface area (Å²) in [6, 6.07) is 5.95. The first-order valence-corrected chi connectivity index (χ1v) is 9.44. The van der Waals surface area contributed by atoms with E-state index in [9.17, 15) is 14.0 Å². The van der Waals surface area contributed by atoms with Crippen molar-refractivity contribution in [3.63, 3.8) is 0 Å². The van der Waals surface area contributed by atoms with E-state index in [4.69, 9.17) is 0 Å². The highest BCUT2D eigenvalue weighted by molar-refractivity contribution is 5.94. The third-order valence-electron chi connectivity index (χ3n) is 4.10. The van der Waals surface area contributed by atoms with E-state index < -0.39 is 11.7 Å². The van der Waals surface area contributed by atoms with Gasteiger partial charge in [0.15, 0.2) is 0 Å². The number of hydrogen-bond acceptors (Lipinski definition) is 2. The summed E-state index contributed by atoms with van der Waals surface area (Å²) in [6.45, 7) is 2.08. The smallest absolute Gasteiger partial charge is 0.243 e. The normalized spacial score (nSPS) is 10.5. The number of hydrogen-bond donors (Lipinski definition) is 2. The van der Waals surface area contributed by atoms with Crippen LogP contribution in [0.25, 0.3) is 0 Å². The monoisotopic (exact) mass is 350 g/mol. The van der Waals surface area contributed by atoms with Crippen LogP contribution in [0.5, 0.6) is 0 Å². The maximum Gasteiger partial charge on any atom is 0.243 e. The third-order valence-corrected chi connectivity index (χ3v) is 4.10. The second kappa shape index (κ2) is 13.4. The van der Waals surface area contributed by atoms with Crippen LogP contribution in [-0.4, -0.2) is 18.4 Å². The molecule has 140 valence electrons. The predicted molar refractivity (Wildman–Crippen MR) is 99.9 cm³/mol. The summed E-state index contributed by atoms with van der Waals surface area (Å²) >= 11 is 0. The molecule has 0 aliphatic carbocycles. The Labute approximate surface area is 150 Å². The molecule has 1 aromatic carbocycles. The van der Waals surface area contributed by atoms with Gasteiger partial charge in [-0.2, -0.15) is 0 Å². The van der Waals surface area contributed by atoms with Gasteiger partial charge in [-0.05, 0) is 18.6 Å². The second-order valence-electron chi connectivity index (χ2n) is 6.38. The molecule has 0 unspecified atom stereocenters. The third kappa shape index (κ3) is 10.5. The van der Waals surface area contributed by atoms with Gasteiger partial charge in [0.1, 0.15) is 5.82 Å². The van der Waals surface area contributed by atoms with Crippen molar-refractivity contribution in [2.45, 2.75) is 71.1 Å². The van der Waals surface area contributed by atoms with E-state index >= 15 is 0 Å². The molecule has 0 heterocycles. The summed E-state index contributed by atoms with van der Waals surface area (Å²) in [5.41, 5.74) is 0.126. The molecule has 0 aliphatic heterocycles. The number of carbonyl (C=O) groups is 2. The molecule has 0 aliphatic rings. The first-order valence-electron chi connectivity index (χ1n) is 9.44. The molecule has 0 atom stereocenters. The Bertz CT molecular complexity index is 520.